The van der Waals surface area contributed by atoms with Gasteiger partial charge < -0.3 is 0 Å². The van der Waals surface area contributed by atoms with Crippen molar-refractivity contribution in [2.45, 2.75) is 6.04 Å². The Bertz CT molecular complexity index is 641. The van der Waals surface area contributed by atoms with Crippen LogP contribution < -0.4 is 10.6 Å². The van der Waals surface area contributed by atoms with Crippen LogP contribution in [-0.4, -0.2) is 40.6 Å². The molecule has 0 unspecified atom stereocenters. The number of urea groups is 1. The van der Waals surface area contributed by atoms with Gasteiger partial charge in [-0.1, -0.05) is 12.1 Å². The van der Waals surface area contributed by atoms with E-state index in [1.807, 2.05) is 10.6 Å². The van der Waals surface area contributed by atoms with Crippen molar-refractivity contribution < 1.29 is 24.0 Å². The van der Waals surface area contributed by atoms with Gasteiger partial charge in [0.1, 0.15) is 0 Å². The smallest absolute Gasteiger partial charge is 0.275 e. The first kappa shape index (κ1) is 12.0. The number of nitrogens with one attached hydrogen (secondary N) is 2. The number of amides is 6. The fourth-order valence-electron chi connectivity index (χ4n) is 2.19. The summed E-state index contributed by atoms with van der Waals surface area (Å²) in [5.74, 6) is -3.49. The second kappa shape index (κ2) is 3.98. The predicted molar refractivity (Wildman–Crippen MR) is 62.4 cm³/mol. The van der Waals surface area contributed by atoms with Crippen LogP contribution in [0.1, 0.15) is 20.7 Å². The van der Waals surface area contributed by atoms with Crippen molar-refractivity contribution in [1.82, 2.24) is 15.5 Å². The van der Waals surface area contributed by atoms with Gasteiger partial charge in [-0.15, -0.1) is 0 Å². The highest BCUT2D eigenvalue weighted by Gasteiger charge is 2.48. The van der Waals surface area contributed by atoms with E-state index in [4.69, 9.17) is 0 Å². The number of carbonyl (C=O) groups is 5. The first-order valence-corrected chi connectivity index (χ1v) is 5.63. The Kier molecular flexibility index (Phi) is 2.40. The van der Waals surface area contributed by atoms with Crippen LogP contribution in [0.3, 0.4) is 0 Å². The molecule has 6 amide bonds. The van der Waals surface area contributed by atoms with Gasteiger partial charge in [-0.3, -0.25) is 34.7 Å². The number of barbiturate groups is 1. The molecule has 0 aromatic heterocycles. The minimum Gasteiger partial charge on any atom is -0.275 e. The maximum atomic E-state index is 12.1. The lowest BCUT2D eigenvalue weighted by atomic mass is 10.1. The molecule has 3 rings (SSSR count). The summed E-state index contributed by atoms with van der Waals surface area (Å²) in [6, 6.07) is 3.34. The van der Waals surface area contributed by atoms with Gasteiger partial charge in [0.2, 0.25) is 0 Å². The minimum atomic E-state index is -1.68. The number of imide groups is 3. The van der Waals surface area contributed by atoms with Gasteiger partial charge in [-0.05, 0) is 12.1 Å². The molecule has 1 saturated heterocycles. The van der Waals surface area contributed by atoms with Crippen LogP contribution in [0, 0.1) is 0 Å². The van der Waals surface area contributed by atoms with Crippen molar-refractivity contribution in [3.63, 3.8) is 0 Å². The van der Waals surface area contributed by atoms with E-state index >= 15 is 0 Å². The fourth-order valence-corrected chi connectivity index (χ4v) is 2.19. The lowest BCUT2D eigenvalue weighted by Gasteiger charge is -2.26. The van der Waals surface area contributed by atoms with E-state index < -0.39 is 35.7 Å². The van der Waals surface area contributed by atoms with Crippen LogP contribution >= 0.6 is 0 Å². The Morgan fingerprint density at radius 3 is 1.70 bits per heavy atom. The number of fused-ring (bicyclic) bond motifs is 1. The summed E-state index contributed by atoms with van der Waals surface area (Å²) in [5.41, 5.74) is 0.241. The van der Waals surface area contributed by atoms with Gasteiger partial charge in [0.25, 0.3) is 23.6 Å². The van der Waals surface area contributed by atoms with Crippen LogP contribution in [0.2, 0.25) is 0 Å². The van der Waals surface area contributed by atoms with Crippen LogP contribution in [-0.2, 0) is 9.59 Å². The summed E-state index contributed by atoms with van der Waals surface area (Å²) in [4.78, 5) is 59.2. The maximum absolute atomic E-state index is 12.1. The Labute approximate surface area is 111 Å². The van der Waals surface area contributed by atoms with Gasteiger partial charge in [0.05, 0.1) is 11.1 Å². The zero-order valence-corrected chi connectivity index (χ0v) is 9.88. The molecule has 1 aromatic rings. The molecule has 8 heteroatoms. The van der Waals surface area contributed by atoms with E-state index in [1.54, 1.807) is 12.1 Å². The van der Waals surface area contributed by atoms with Crippen LogP contribution in [0.4, 0.5) is 4.79 Å². The second-order valence-electron chi connectivity index (χ2n) is 4.24. The van der Waals surface area contributed by atoms with E-state index in [-0.39, 0.29) is 11.1 Å². The number of hydrogen-bond acceptors (Lipinski definition) is 5. The van der Waals surface area contributed by atoms with Crippen molar-refractivity contribution in [3.05, 3.63) is 35.4 Å². The molecule has 0 radical (unpaired) electrons. The summed E-state index contributed by atoms with van der Waals surface area (Å²) >= 11 is 0. The number of rotatable bonds is 1. The zero-order valence-electron chi connectivity index (χ0n) is 9.88. The first-order chi connectivity index (χ1) is 9.50. The molecule has 0 atom stereocenters. The highest BCUT2D eigenvalue weighted by molar-refractivity contribution is 6.28. The van der Waals surface area contributed by atoms with Crippen molar-refractivity contribution in [1.29, 1.82) is 0 Å². The molecular weight excluding hydrogens is 266 g/mol. The molecule has 1 fully saturated rings. The molecule has 0 spiro atoms. The van der Waals surface area contributed by atoms with Crippen LogP contribution in [0.5, 0.6) is 0 Å². The van der Waals surface area contributed by atoms with Gasteiger partial charge >= 0.3 is 6.03 Å². The third-order valence-corrected chi connectivity index (χ3v) is 3.05. The van der Waals surface area contributed by atoms with Crippen molar-refractivity contribution in [3.8, 4) is 0 Å². The molecule has 2 heterocycles. The standard InChI is InChI=1S/C12H7N3O5/c16-8-7(9(17)14-12(20)13-8)15-10(18)5-3-1-2-4-6(5)11(15)19/h1-4,7H,(H2,13,14,16,17,20). The van der Waals surface area contributed by atoms with Crippen molar-refractivity contribution in [2.75, 3.05) is 0 Å². The van der Waals surface area contributed by atoms with Crippen molar-refractivity contribution in [2.24, 2.45) is 0 Å². The summed E-state index contributed by atoms with van der Waals surface area (Å²) in [7, 11) is 0. The number of benzene rings is 1. The van der Waals surface area contributed by atoms with E-state index in [1.165, 1.54) is 12.1 Å². The largest absolute Gasteiger partial charge is 0.328 e. The number of hydrogen-bond donors (Lipinski definition) is 2. The van der Waals surface area contributed by atoms with E-state index in [2.05, 4.69) is 0 Å². The molecule has 8 nitrogen and oxygen atoms in total. The zero-order chi connectivity index (χ0) is 14.4. The Balaban J connectivity index is 2.03. The minimum absolute atomic E-state index is 0.120. The summed E-state index contributed by atoms with van der Waals surface area (Å²) in [6.07, 6.45) is 0. The van der Waals surface area contributed by atoms with Crippen molar-refractivity contribution >= 4 is 29.7 Å². The normalized spacial score (nSPS) is 19.0. The maximum Gasteiger partial charge on any atom is 0.328 e. The summed E-state index contributed by atoms with van der Waals surface area (Å²) in [6.45, 7) is 0. The third kappa shape index (κ3) is 1.51. The lowest BCUT2D eigenvalue weighted by molar-refractivity contribution is -0.135. The topological polar surface area (TPSA) is 113 Å². The molecule has 100 valence electrons. The van der Waals surface area contributed by atoms with Gasteiger partial charge in [0.15, 0.2) is 6.04 Å². The van der Waals surface area contributed by atoms with E-state index in [9.17, 15) is 24.0 Å². The average molecular weight is 273 g/mol. The Morgan fingerprint density at radius 1 is 0.800 bits per heavy atom. The quantitative estimate of drug-likeness (QED) is 0.504. The fraction of sp³-hybridized carbons (Fsp3) is 0.0833. The highest BCUT2D eigenvalue weighted by atomic mass is 16.2. The van der Waals surface area contributed by atoms with Crippen LogP contribution in [0.25, 0.3) is 0 Å². The SMILES string of the molecule is O=C1NC(=O)C(N2C(=O)c3ccccc3C2=O)C(=O)N1. The average Bonchev–Trinajstić information content (AvgIpc) is 2.64. The third-order valence-electron chi connectivity index (χ3n) is 3.05. The predicted octanol–water partition coefficient (Wildman–Crippen LogP) is -0.983. The molecule has 1 aromatic carbocycles. The molecule has 0 aliphatic carbocycles. The van der Waals surface area contributed by atoms with Crippen LogP contribution in [0.15, 0.2) is 24.3 Å². The van der Waals surface area contributed by atoms with E-state index in [0.717, 1.165) is 0 Å². The van der Waals surface area contributed by atoms with Gasteiger partial charge in [-0.2, -0.15) is 0 Å². The number of nitrogens with zero attached hydrogens (tertiary/aromatic N) is 1. The van der Waals surface area contributed by atoms with E-state index in [0.29, 0.717) is 4.90 Å². The summed E-state index contributed by atoms with van der Waals surface area (Å²) < 4.78 is 0. The molecule has 2 N–H and O–H groups in total. The Hall–Kier alpha value is -3.03. The highest BCUT2D eigenvalue weighted by Crippen LogP contribution is 2.25. The molecule has 2 aliphatic heterocycles. The number of carbonyl (C=O) groups excluding carboxylic acids is 5. The molecule has 0 bridgehead atoms. The van der Waals surface area contributed by atoms with Gasteiger partial charge in [-0.25, -0.2) is 4.79 Å². The lowest BCUT2D eigenvalue weighted by Crippen LogP contribution is -2.65. The Morgan fingerprint density at radius 2 is 1.25 bits per heavy atom. The molecule has 2 aliphatic rings. The first-order valence-electron chi connectivity index (χ1n) is 5.63. The second-order valence-corrected chi connectivity index (χ2v) is 4.24. The molecule has 0 saturated carbocycles. The monoisotopic (exact) mass is 273 g/mol. The molecule has 20 heavy (non-hydrogen) atoms. The van der Waals surface area contributed by atoms with Gasteiger partial charge in [0, 0.05) is 0 Å². The molecular formula is C12H7N3O5. The summed E-state index contributed by atoms with van der Waals surface area (Å²) in [5, 5.41) is 3.70.